The van der Waals surface area contributed by atoms with Crippen LogP contribution in [0.1, 0.15) is 15.9 Å². The van der Waals surface area contributed by atoms with Crippen LogP contribution in [0.3, 0.4) is 0 Å². The van der Waals surface area contributed by atoms with Crippen LogP contribution in [-0.2, 0) is 4.74 Å². The lowest BCUT2D eigenvalue weighted by Gasteiger charge is -2.06. The molecule has 0 saturated heterocycles. The highest BCUT2D eigenvalue weighted by Gasteiger charge is 2.10. The molecule has 0 aliphatic heterocycles. The van der Waals surface area contributed by atoms with Gasteiger partial charge >= 0.3 is 5.97 Å². The average Bonchev–Trinajstić information content (AvgIpc) is 2.10. The van der Waals surface area contributed by atoms with E-state index in [0.29, 0.717) is 15.7 Å². The predicted molar refractivity (Wildman–Crippen MR) is 54.6 cm³/mol. The van der Waals surface area contributed by atoms with Crippen molar-refractivity contribution in [3.8, 4) is 0 Å². The summed E-state index contributed by atoms with van der Waals surface area (Å²) in [6, 6.07) is 3.40. The highest BCUT2D eigenvalue weighted by molar-refractivity contribution is 9.10. The first-order valence-electron chi connectivity index (χ1n) is 3.70. The Hall–Kier alpha value is -1.03. The van der Waals surface area contributed by atoms with Crippen LogP contribution in [0.15, 0.2) is 16.6 Å². The van der Waals surface area contributed by atoms with Crippen LogP contribution >= 0.6 is 15.9 Å². The summed E-state index contributed by atoms with van der Waals surface area (Å²) in [5, 5.41) is 0. The third-order valence-corrected chi connectivity index (χ3v) is 2.44. The Labute approximate surface area is 85.0 Å². The summed E-state index contributed by atoms with van der Waals surface area (Å²) in [6.07, 6.45) is 0. The first-order chi connectivity index (χ1) is 6.06. The number of aryl methyl sites for hydroxylation is 1. The van der Waals surface area contributed by atoms with E-state index in [1.54, 1.807) is 12.1 Å². The molecule has 0 aliphatic rings. The SMILES string of the molecule is COC(=O)c1cc(Br)c(N)cc1C. The third kappa shape index (κ3) is 2.01. The summed E-state index contributed by atoms with van der Waals surface area (Å²) in [5.74, 6) is -0.349. The summed E-state index contributed by atoms with van der Waals surface area (Å²) < 4.78 is 5.32. The fourth-order valence-corrected chi connectivity index (χ4v) is 1.38. The highest BCUT2D eigenvalue weighted by Crippen LogP contribution is 2.23. The average molecular weight is 244 g/mol. The van der Waals surface area contributed by atoms with Crippen molar-refractivity contribution in [1.82, 2.24) is 0 Å². The molecule has 70 valence electrons. The number of hydrogen-bond donors (Lipinski definition) is 1. The summed E-state index contributed by atoms with van der Waals surface area (Å²) >= 11 is 3.24. The number of benzene rings is 1. The molecule has 0 amide bonds. The predicted octanol–water partition coefficient (Wildman–Crippen LogP) is 2.13. The molecule has 13 heavy (non-hydrogen) atoms. The summed E-state index contributed by atoms with van der Waals surface area (Å²) in [5.41, 5.74) is 7.59. The van der Waals surface area contributed by atoms with Crippen molar-refractivity contribution in [1.29, 1.82) is 0 Å². The van der Waals surface area contributed by atoms with Crippen LogP contribution in [0.25, 0.3) is 0 Å². The molecular weight excluding hydrogens is 234 g/mol. The van der Waals surface area contributed by atoms with Gasteiger partial charge < -0.3 is 10.5 Å². The standard InChI is InChI=1S/C9H10BrNO2/c1-5-3-8(11)7(10)4-6(5)9(12)13-2/h3-4H,11H2,1-2H3. The molecule has 2 N–H and O–H groups in total. The van der Waals surface area contributed by atoms with Crippen molar-refractivity contribution in [2.75, 3.05) is 12.8 Å². The van der Waals surface area contributed by atoms with E-state index in [-0.39, 0.29) is 5.97 Å². The second-order valence-electron chi connectivity index (χ2n) is 2.68. The zero-order valence-corrected chi connectivity index (χ0v) is 9.01. The number of methoxy groups -OCH3 is 1. The lowest BCUT2D eigenvalue weighted by atomic mass is 10.1. The number of carbonyl (C=O) groups excluding carboxylic acids is 1. The number of carbonyl (C=O) groups is 1. The van der Waals surface area contributed by atoms with Gasteiger partial charge in [-0.1, -0.05) is 0 Å². The zero-order chi connectivity index (χ0) is 10.0. The van der Waals surface area contributed by atoms with Gasteiger partial charge in [0.25, 0.3) is 0 Å². The fraction of sp³-hybridized carbons (Fsp3) is 0.222. The zero-order valence-electron chi connectivity index (χ0n) is 7.43. The largest absolute Gasteiger partial charge is 0.465 e. The molecule has 1 rings (SSSR count). The number of rotatable bonds is 1. The fourth-order valence-electron chi connectivity index (χ4n) is 1.03. The summed E-state index contributed by atoms with van der Waals surface area (Å²) in [4.78, 5) is 11.2. The van der Waals surface area contributed by atoms with E-state index in [1.165, 1.54) is 7.11 Å². The molecule has 0 bridgehead atoms. The topological polar surface area (TPSA) is 52.3 Å². The van der Waals surface area contributed by atoms with E-state index < -0.39 is 0 Å². The van der Waals surface area contributed by atoms with Gasteiger partial charge in [-0.3, -0.25) is 0 Å². The maximum atomic E-state index is 11.2. The normalized spacial score (nSPS) is 9.77. The van der Waals surface area contributed by atoms with Crippen LogP contribution in [0.2, 0.25) is 0 Å². The second-order valence-corrected chi connectivity index (χ2v) is 3.53. The molecular formula is C9H10BrNO2. The first kappa shape index (κ1) is 10.1. The Morgan fingerprint density at radius 3 is 2.69 bits per heavy atom. The Morgan fingerprint density at radius 2 is 2.15 bits per heavy atom. The van der Waals surface area contributed by atoms with Gasteiger partial charge in [0.2, 0.25) is 0 Å². The van der Waals surface area contributed by atoms with Gasteiger partial charge in [-0.25, -0.2) is 4.79 Å². The molecule has 0 aromatic heterocycles. The van der Waals surface area contributed by atoms with Gasteiger partial charge in [0.05, 0.1) is 12.7 Å². The van der Waals surface area contributed by atoms with E-state index in [4.69, 9.17) is 5.73 Å². The number of nitrogens with two attached hydrogens (primary N) is 1. The Morgan fingerprint density at radius 1 is 1.54 bits per heavy atom. The molecule has 1 aromatic carbocycles. The Bertz CT molecular complexity index is 350. The molecule has 0 aliphatic carbocycles. The third-order valence-electron chi connectivity index (χ3n) is 1.75. The van der Waals surface area contributed by atoms with E-state index in [1.807, 2.05) is 6.92 Å². The molecule has 0 atom stereocenters. The molecule has 3 nitrogen and oxygen atoms in total. The van der Waals surface area contributed by atoms with Crippen LogP contribution in [0, 0.1) is 6.92 Å². The number of ether oxygens (including phenoxy) is 1. The number of halogens is 1. The van der Waals surface area contributed by atoms with Gasteiger partial charge in [0.15, 0.2) is 0 Å². The van der Waals surface area contributed by atoms with Crippen molar-refractivity contribution in [3.05, 3.63) is 27.7 Å². The molecule has 0 fully saturated rings. The van der Waals surface area contributed by atoms with Gasteiger partial charge in [-0.15, -0.1) is 0 Å². The van der Waals surface area contributed by atoms with E-state index in [2.05, 4.69) is 20.7 Å². The van der Waals surface area contributed by atoms with Gasteiger partial charge in [0.1, 0.15) is 0 Å². The maximum absolute atomic E-state index is 11.2. The minimum atomic E-state index is -0.349. The summed E-state index contributed by atoms with van der Waals surface area (Å²) in [7, 11) is 1.35. The van der Waals surface area contributed by atoms with Crippen LogP contribution < -0.4 is 5.73 Å². The summed E-state index contributed by atoms with van der Waals surface area (Å²) in [6.45, 7) is 1.81. The Balaban J connectivity index is 3.23. The number of esters is 1. The highest BCUT2D eigenvalue weighted by atomic mass is 79.9. The maximum Gasteiger partial charge on any atom is 0.338 e. The number of anilines is 1. The Kier molecular flexibility index (Phi) is 2.93. The minimum Gasteiger partial charge on any atom is -0.465 e. The van der Waals surface area contributed by atoms with Gasteiger partial charge in [0, 0.05) is 10.2 Å². The monoisotopic (exact) mass is 243 g/mol. The van der Waals surface area contributed by atoms with Crippen LogP contribution in [-0.4, -0.2) is 13.1 Å². The van der Waals surface area contributed by atoms with Crippen molar-refractivity contribution in [3.63, 3.8) is 0 Å². The smallest absolute Gasteiger partial charge is 0.338 e. The van der Waals surface area contributed by atoms with Crippen molar-refractivity contribution in [2.45, 2.75) is 6.92 Å². The quantitative estimate of drug-likeness (QED) is 0.608. The minimum absolute atomic E-state index is 0.349. The van der Waals surface area contributed by atoms with E-state index >= 15 is 0 Å². The number of hydrogen-bond acceptors (Lipinski definition) is 3. The number of nitrogen functional groups attached to an aromatic ring is 1. The molecule has 0 spiro atoms. The van der Waals surface area contributed by atoms with E-state index in [9.17, 15) is 4.79 Å². The second kappa shape index (κ2) is 3.79. The lowest BCUT2D eigenvalue weighted by Crippen LogP contribution is -2.04. The van der Waals surface area contributed by atoms with Gasteiger partial charge in [-0.05, 0) is 40.5 Å². The molecule has 4 heteroatoms. The van der Waals surface area contributed by atoms with Crippen molar-refractivity contribution >= 4 is 27.6 Å². The van der Waals surface area contributed by atoms with E-state index in [0.717, 1.165) is 5.56 Å². The van der Waals surface area contributed by atoms with Gasteiger partial charge in [-0.2, -0.15) is 0 Å². The molecule has 0 saturated carbocycles. The van der Waals surface area contributed by atoms with Crippen molar-refractivity contribution < 1.29 is 9.53 Å². The van der Waals surface area contributed by atoms with Crippen LogP contribution in [0.5, 0.6) is 0 Å². The lowest BCUT2D eigenvalue weighted by molar-refractivity contribution is 0.0600. The first-order valence-corrected chi connectivity index (χ1v) is 4.49. The van der Waals surface area contributed by atoms with Crippen molar-refractivity contribution in [2.24, 2.45) is 0 Å². The molecule has 1 aromatic rings. The molecule has 0 heterocycles. The van der Waals surface area contributed by atoms with Crippen LogP contribution in [0.4, 0.5) is 5.69 Å². The molecule has 0 radical (unpaired) electrons. The molecule has 0 unspecified atom stereocenters.